The van der Waals surface area contributed by atoms with Gasteiger partial charge in [0.2, 0.25) is 0 Å². The summed E-state index contributed by atoms with van der Waals surface area (Å²) in [5, 5.41) is 9.28. The third kappa shape index (κ3) is 2.85. The summed E-state index contributed by atoms with van der Waals surface area (Å²) in [6.07, 6.45) is 2.31. The van der Waals surface area contributed by atoms with Crippen LogP contribution >= 0.6 is 23.1 Å². The van der Waals surface area contributed by atoms with Crippen LogP contribution in [-0.2, 0) is 26.3 Å². The number of hydrogen-bond donors (Lipinski definition) is 2. The standard InChI is InChI=1S/C12H19ClN6S/c1-4-7-11(13)10(19(3)17-7)6-9(15-14)12-8(5-2)16-18-20-12/h9,15H,4-6,14H2,1-3H3. The number of rotatable bonds is 6. The van der Waals surface area contributed by atoms with Crippen LogP contribution in [0.2, 0.25) is 5.02 Å². The van der Waals surface area contributed by atoms with Gasteiger partial charge in [0.25, 0.3) is 0 Å². The summed E-state index contributed by atoms with van der Waals surface area (Å²) in [7, 11) is 1.90. The van der Waals surface area contributed by atoms with Crippen molar-refractivity contribution in [3.05, 3.63) is 27.0 Å². The van der Waals surface area contributed by atoms with Crippen LogP contribution in [0.5, 0.6) is 0 Å². The minimum Gasteiger partial charge on any atom is -0.271 e. The van der Waals surface area contributed by atoms with Crippen molar-refractivity contribution in [2.75, 3.05) is 0 Å². The van der Waals surface area contributed by atoms with E-state index in [-0.39, 0.29) is 6.04 Å². The second kappa shape index (κ2) is 6.62. The highest BCUT2D eigenvalue weighted by atomic mass is 35.5. The highest BCUT2D eigenvalue weighted by molar-refractivity contribution is 7.05. The minimum atomic E-state index is -0.0532. The number of halogens is 1. The van der Waals surface area contributed by atoms with Crippen molar-refractivity contribution in [2.45, 2.75) is 39.2 Å². The Balaban J connectivity index is 2.29. The third-order valence-corrected chi connectivity index (χ3v) is 4.65. The van der Waals surface area contributed by atoms with Crippen molar-refractivity contribution in [1.82, 2.24) is 24.8 Å². The van der Waals surface area contributed by atoms with Gasteiger partial charge in [-0.15, -0.1) is 5.10 Å². The molecule has 2 aromatic heterocycles. The van der Waals surface area contributed by atoms with E-state index in [2.05, 4.69) is 27.0 Å². The first-order chi connectivity index (χ1) is 9.62. The number of hydrazine groups is 1. The lowest BCUT2D eigenvalue weighted by Crippen LogP contribution is -2.30. The number of nitrogens with one attached hydrogen (secondary N) is 1. The zero-order valence-electron chi connectivity index (χ0n) is 11.9. The number of nitrogens with zero attached hydrogens (tertiary/aromatic N) is 4. The topological polar surface area (TPSA) is 81.7 Å². The number of aryl methyl sites for hydroxylation is 3. The first-order valence-corrected chi connectivity index (χ1v) is 7.74. The molecule has 0 saturated heterocycles. The Labute approximate surface area is 127 Å². The molecule has 0 aromatic carbocycles. The third-order valence-electron chi connectivity index (χ3n) is 3.34. The average molecular weight is 315 g/mol. The van der Waals surface area contributed by atoms with Crippen LogP contribution in [0.4, 0.5) is 0 Å². The molecule has 2 aromatic rings. The van der Waals surface area contributed by atoms with Gasteiger partial charge in [-0.3, -0.25) is 16.0 Å². The molecule has 0 amide bonds. The van der Waals surface area contributed by atoms with Crippen molar-refractivity contribution < 1.29 is 0 Å². The molecule has 3 N–H and O–H groups in total. The van der Waals surface area contributed by atoms with E-state index in [0.29, 0.717) is 6.42 Å². The summed E-state index contributed by atoms with van der Waals surface area (Å²) in [6.45, 7) is 4.10. The Morgan fingerprint density at radius 3 is 2.60 bits per heavy atom. The van der Waals surface area contributed by atoms with Crippen molar-refractivity contribution in [3.63, 3.8) is 0 Å². The van der Waals surface area contributed by atoms with Crippen molar-refractivity contribution in [3.8, 4) is 0 Å². The van der Waals surface area contributed by atoms with E-state index in [1.165, 1.54) is 11.5 Å². The normalized spacial score (nSPS) is 12.8. The molecule has 6 nitrogen and oxygen atoms in total. The van der Waals surface area contributed by atoms with Gasteiger partial charge in [0.15, 0.2) is 0 Å². The lowest BCUT2D eigenvalue weighted by molar-refractivity contribution is 0.533. The molecule has 2 heterocycles. The molecule has 8 heteroatoms. The Bertz CT molecular complexity index is 579. The molecule has 2 rings (SSSR count). The monoisotopic (exact) mass is 314 g/mol. The number of hydrogen-bond acceptors (Lipinski definition) is 6. The van der Waals surface area contributed by atoms with Crippen LogP contribution in [0, 0.1) is 0 Å². The van der Waals surface area contributed by atoms with Crippen LogP contribution < -0.4 is 11.3 Å². The van der Waals surface area contributed by atoms with Gasteiger partial charge < -0.3 is 0 Å². The summed E-state index contributed by atoms with van der Waals surface area (Å²) in [5.41, 5.74) is 5.71. The Kier molecular flexibility index (Phi) is 5.09. The summed E-state index contributed by atoms with van der Waals surface area (Å²) in [5.74, 6) is 5.70. The molecule has 1 unspecified atom stereocenters. The van der Waals surface area contributed by atoms with Crippen LogP contribution in [0.25, 0.3) is 0 Å². The largest absolute Gasteiger partial charge is 0.271 e. The molecule has 110 valence electrons. The van der Waals surface area contributed by atoms with E-state index >= 15 is 0 Å². The fraction of sp³-hybridized carbons (Fsp3) is 0.583. The summed E-state index contributed by atoms with van der Waals surface area (Å²) in [6, 6.07) is -0.0532. The maximum atomic E-state index is 6.39. The number of aromatic nitrogens is 4. The van der Waals surface area contributed by atoms with Gasteiger partial charge in [-0.1, -0.05) is 29.9 Å². The highest BCUT2D eigenvalue weighted by Crippen LogP contribution is 2.28. The predicted molar refractivity (Wildman–Crippen MR) is 80.7 cm³/mol. The minimum absolute atomic E-state index is 0.0532. The molecule has 0 saturated carbocycles. The van der Waals surface area contributed by atoms with E-state index in [4.69, 9.17) is 17.4 Å². The predicted octanol–water partition coefficient (Wildman–Crippen LogP) is 1.80. The second-order valence-corrected chi connectivity index (χ2v) is 5.71. The molecular weight excluding hydrogens is 296 g/mol. The first kappa shape index (κ1) is 15.4. The van der Waals surface area contributed by atoms with Crippen LogP contribution in [-0.4, -0.2) is 19.4 Å². The SMILES string of the molecule is CCc1nnsc1C(Cc1c(Cl)c(CC)nn1C)NN. The van der Waals surface area contributed by atoms with E-state index in [1.807, 2.05) is 18.7 Å². The zero-order chi connectivity index (χ0) is 14.7. The van der Waals surface area contributed by atoms with E-state index in [1.54, 1.807) is 0 Å². The fourth-order valence-corrected chi connectivity index (χ4v) is 3.35. The summed E-state index contributed by atoms with van der Waals surface area (Å²) in [4.78, 5) is 1.06. The Morgan fingerprint density at radius 2 is 2.05 bits per heavy atom. The average Bonchev–Trinajstić information content (AvgIpc) is 3.02. The molecule has 0 aliphatic carbocycles. The quantitative estimate of drug-likeness (QED) is 0.627. The summed E-state index contributed by atoms with van der Waals surface area (Å²) < 4.78 is 5.84. The fourth-order valence-electron chi connectivity index (χ4n) is 2.19. The van der Waals surface area contributed by atoms with Crippen LogP contribution in [0.3, 0.4) is 0 Å². The molecule has 20 heavy (non-hydrogen) atoms. The van der Waals surface area contributed by atoms with Crippen LogP contribution in [0.15, 0.2) is 0 Å². The molecule has 1 atom stereocenters. The van der Waals surface area contributed by atoms with Crippen molar-refractivity contribution >= 4 is 23.1 Å². The van der Waals surface area contributed by atoms with E-state index < -0.39 is 0 Å². The molecule has 0 aliphatic heterocycles. The van der Waals surface area contributed by atoms with Gasteiger partial charge in [-0.05, 0) is 24.4 Å². The highest BCUT2D eigenvalue weighted by Gasteiger charge is 2.22. The molecule has 0 radical (unpaired) electrons. The molecule has 0 fully saturated rings. The lowest BCUT2D eigenvalue weighted by Gasteiger charge is -2.15. The zero-order valence-corrected chi connectivity index (χ0v) is 13.4. The van der Waals surface area contributed by atoms with Gasteiger partial charge in [0, 0.05) is 13.5 Å². The van der Waals surface area contributed by atoms with E-state index in [9.17, 15) is 0 Å². The first-order valence-electron chi connectivity index (χ1n) is 6.59. The molecule has 0 aliphatic rings. The van der Waals surface area contributed by atoms with Crippen LogP contribution in [0.1, 0.15) is 41.8 Å². The smallest absolute Gasteiger partial charge is 0.0850 e. The second-order valence-electron chi connectivity index (χ2n) is 4.55. The Morgan fingerprint density at radius 1 is 1.35 bits per heavy atom. The van der Waals surface area contributed by atoms with Gasteiger partial charge in [0.05, 0.1) is 33.0 Å². The molecule has 0 spiro atoms. The van der Waals surface area contributed by atoms with Crippen molar-refractivity contribution in [2.24, 2.45) is 12.9 Å². The lowest BCUT2D eigenvalue weighted by atomic mass is 10.1. The summed E-state index contributed by atoms with van der Waals surface area (Å²) >= 11 is 7.76. The van der Waals surface area contributed by atoms with E-state index in [0.717, 1.165) is 39.8 Å². The van der Waals surface area contributed by atoms with Gasteiger partial charge in [-0.2, -0.15) is 5.10 Å². The maximum absolute atomic E-state index is 6.39. The van der Waals surface area contributed by atoms with Gasteiger partial charge in [-0.25, -0.2) is 0 Å². The van der Waals surface area contributed by atoms with Crippen molar-refractivity contribution in [1.29, 1.82) is 0 Å². The maximum Gasteiger partial charge on any atom is 0.0850 e. The molecular formula is C12H19ClN6S. The molecule has 0 bridgehead atoms. The number of nitrogens with two attached hydrogens (primary N) is 1. The van der Waals surface area contributed by atoms with Gasteiger partial charge >= 0.3 is 0 Å². The Hall–Kier alpha value is -1.02. The van der Waals surface area contributed by atoms with Gasteiger partial charge in [0.1, 0.15) is 0 Å².